The number of benzene rings is 1. The van der Waals surface area contributed by atoms with Gasteiger partial charge in [0.05, 0.1) is 43.6 Å². The van der Waals surface area contributed by atoms with Crippen LogP contribution in [0.1, 0.15) is 27.1 Å². The minimum Gasteiger partial charge on any atom is -0.491 e. The van der Waals surface area contributed by atoms with Gasteiger partial charge in [0.15, 0.2) is 0 Å². The number of amides is 2. The summed E-state index contributed by atoms with van der Waals surface area (Å²) in [5, 5.41) is 23.3. The predicted molar refractivity (Wildman–Crippen MR) is 108 cm³/mol. The molecule has 3 rings (SSSR count). The molecule has 168 valence electrons. The number of imide groups is 1. The number of hydrogen-bond acceptors (Lipinski definition) is 9. The topological polar surface area (TPSA) is 121 Å². The third-order valence-corrected chi connectivity index (χ3v) is 4.89. The predicted octanol–water partition coefficient (Wildman–Crippen LogP) is 0.118. The van der Waals surface area contributed by atoms with Gasteiger partial charge in [-0.1, -0.05) is 0 Å². The molecule has 2 atom stereocenters. The maximum absolute atomic E-state index is 12.7. The Hall–Kier alpha value is -1.79. The number of aliphatic hydroxyl groups is 1. The smallest absolute Gasteiger partial charge is 0.262 e. The molecule has 1 aromatic rings. The molecule has 2 aliphatic heterocycles. The number of ether oxygens (including phenoxy) is 3. The molecule has 0 aliphatic carbocycles. The molecule has 11 heteroatoms. The van der Waals surface area contributed by atoms with E-state index < -0.39 is 24.1 Å². The molecule has 0 bridgehead atoms. The minimum atomic E-state index is -1.28. The molecule has 0 radical (unpaired) electrons. The molecular formula is C19H28ClN3O7. The molecule has 1 saturated heterocycles. The number of nitrogens with one attached hydrogen (secondary N) is 1. The zero-order chi connectivity index (χ0) is 20.8. The van der Waals surface area contributed by atoms with Crippen molar-refractivity contribution in [2.45, 2.75) is 18.7 Å². The Balaban J connectivity index is 0.00000320. The number of likely N-dealkylation sites (N-methyl/N-ethyl adjacent to an activating group) is 1. The molecule has 1 aromatic carbocycles. The van der Waals surface area contributed by atoms with Gasteiger partial charge in [-0.2, -0.15) is 5.06 Å². The molecule has 0 spiro atoms. The summed E-state index contributed by atoms with van der Waals surface area (Å²) in [4.78, 5) is 26.3. The van der Waals surface area contributed by atoms with E-state index in [1.807, 2.05) is 7.05 Å². The fourth-order valence-electron chi connectivity index (χ4n) is 3.35. The second-order valence-electron chi connectivity index (χ2n) is 6.80. The van der Waals surface area contributed by atoms with Crippen molar-refractivity contribution in [3.63, 3.8) is 0 Å². The summed E-state index contributed by atoms with van der Waals surface area (Å²) in [6, 6.07) is 3.91. The molecule has 1 fully saturated rings. The SMILES string of the molecule is CNCCOCCOCCOc1ccc2c(c1)C(=O)N(C1CCN(O)C1O)C2=O.Cl. The van der Waals surface area contributed by atoms with Gasteiger partial charge in [-0.3, -0.25) is 14.5 Å². The quantitative estimate of drug-likeness (QED) is 0.322. The number of nitrogens with zero attached hydrogens (tertiary/aromatic N) is 2. The number of carbonyl (C=O) groups is 2. The minimum absolute atomic E-state index is 0. The van der Waals surface area contributed by atoms with Gasteiger partial charge in [0.25, 0.3) is 11.8 Å². The standard InChI is InChI=1S/C19H27N3O7.ClH/c1-20-5-7-27-8-9-28-10-11-29-13-2-3-14-15(12-13)18(24)22(17(14)23)16-4-6-21(26)19(16)25;/h2-3,12,16,19-20,25-26H,4-11H2,1H3;1H. The maximum atomic E-state index is 12.7. The summed E-state index contributed by atoms with van der Waals surface area (Å²) in [5.74, 6) is -0.515. The number of hydroxylamine groups is 2. The van der Waals surface area contributed by atoms with Crippen LogP contribution in [0.5, 0.6) is 5.75 Å². The number of rotatable bonds is 11. The Kier molecular flexibility index (Phi) is 9.43. The van der Waals surface area contributed by atoms with E-state index in [9.17, 15) is 19.9 Å². The summed E-state index contributed by atoms with van der Waals surface area (Å²) in [7, 11) is 1.86. The Morgan fingerprint density at radius 2 is 1.73 bits per heavy atom. The first-order valence-electron chi connectivity index (χ1n) is 9.63. The number of halogens is 1. The highest BCUT2D eigenvalue weighted by Gasteiger charge is 2.46. The zero-order valence-corrected chi connectivity index (χ0v) is 17.6. The van der Waals surface area contributed by atoms with E-state index >= 15 is 0 Å². The van der Waals surface area contributed by atoms with Gasteiger partial charge < -0.3 is 29.8 Å². The lowest BCUT2D eigenvalue weighted by atomic mass is 10.1. The molecule has 2 heterocycles. The Morgan fingerprint density at radius 1 is 1.07 bits per heavy atom. The molecule has 2 amide bonds. The monoisotopic (exact) mass is 445 g/mol. The number of hydrogen-bond donors (Lipinski definition) is 3. The highest BCUT2D eigenvalue weighted by molar-refractivity contribution is 6.21. The summed E-state index contributed by atoms with van der Waals surface area (Å²) < 4.78 is 16.4. The fraction of sp³-hybridized carbons (Fsp3) is 0.579. The average Bonchev–Trinajstić information content (AvgIpc) is 3.17. The summed E-state index contributed by atoms with van der Waals surface area (Å²) in [5.41, 5.74) is 0.496. The second kappa shape index (κ2) is 11.6. The van der Waals surface area contributed by atoms with Crippen LogP contribution < -0.4 is 10.1 Å². The molecule has 2 unspecified atom stereocenters. The van der Waals surface area contributed by atoms with Crippen molar-refractivity contribution in [2.24, 2.45) is 0 Å². The molecular weight excluding hydrogens is 418 g/mol. The van der Waals surface area contributed by atoms with E-state index in [-0.39, 0.29) is 30.1 Å². The van der Waals surface area contributed by atoms with Gasteiger partial charge in [0, 0.05) is 13.1 Å². The van der Waals surface area contributed by atoms with Crippen LogP contribution in [-0.2, 0) is 9.47 Å². The molecule has 10 nitrogen and oxygen atoms in total. The van der Waals surface area contributed by atoms with Crippen LogP contribution >= 0.6 is 12.4 Å². The highest BCUT2D eigenvalue weighted by Crippen LogP contribution is 2.32. The van der Waals surface area contributed by atoms with Crippen molar-refractivity contribution >= 4 is 24.2 Å². The van der Waals surface area contributed by atoms with E-state index in [0.717, 1.165) is 16.5 Å². The second-order valence-corrected chi connectivity index (χ2v) is 6.80. The van der Waals surface area contributed by atoms with Gasteiger partial charge >= 0.3 is 0 Å². The average molecular weight is 446 g/mol. The van der Waals surface area contributed by atoms with Crippen LogP contribution in [-0.4, -0.2) is 97.5 Å². The van der Waals surface area contributed by atoms with Crippen molar-refractivity contribution in [2.75, 3.05) is 53.2 Å². The zero-order valence-electron chi connectivity index (χ0n) is 16.8. The van der Waals surface area contributed by atoms with Crippen molar-refractivity contribution < 1.29 is 34.1 Å². The van der Waals surface area contributed by atoms with Crippen molar-refractivity contribution in [1.82, 2.24) is 15.3 Å². The van der Waals surface area contributed by atoms with E-state index in [1.165, 1.54) is 6.07 Å². The summed E-state index contributed by atoms with van der Waals surface area (Å²) >= 11 is 0. The lowest BCUT2D eigenvalue weighted by Crippen LogP contribution is -2.47. The fourth-order valence-corrected chi connectivity index (χ4v) is 3.35. The van der Waals surface area contributed by atoms with Crippen LogP contribution in [0.2, 0.25) is 0 Å². The van der Waals surface area contributed by atoms with Crippen molar-refractivity contribution in [3.05, 3.63) is 29.3 Å². The van der Waals surface area contributed by atoms with Crippen LogP contribution in [0, 0.1) is 0 Å². The molecule has 0 aromatic heterocycles. The van der Waals surface area contributed by atoms with Gasteiger partial charge in [0.2, 0.25) is 0 Å². The Bertz CT molecular complexity index is 736. The van der Waals surface area contributed by atoms with Crippen LogP contribution in [0.3, 0.4) is 0 Å². The van der Waals surface area contributed by atoms with Crippen LogP contribution in [0.15, 0.2) is 18.2 Å². The number of carbonyl (C=O) groups excluding carboxylic acids is 2. The first kappa shape index (κ1) is 24.5. The van der Waals surface area contributed by atoms with Gasteiger partial charge in [-0.15, -0.1) is 12.4 Å². The van der Waals surface area contributed by atoms with Crippen molar-refractivity contribution in [1.29, 1.82) is 0 Å². The van der Waals surface area contributed by atoms with Gasteiger partial charge in [-0.05, 0) is 31.7 Å². The molecule has 2 aliphatic rings. The van der Waals surface area contributed by atoms with Gasteiger partial charge in [-0.25, -0.2) is 0 Å². The van der Waals surface area contributed by atoms with Crippen LogP contribution in [0.4, 0.5) is 0 Å². The molecule has 30 heavy (non-hydrogen) atoms. The maximum Gasteiger partial charge on any atom is 0.262 e. The highest BCUT2D eigenvalue weighted by atomic mass is 35.5. The van der Waals surface area contributed by atoms with Crippen LogP contribution in [0.25, 0.3) is 0 Å². The third-order valence-electron chi connectivity index (χ3n) is 4.89. The number of fused-ring (bicyclic) bond motifs is 1. The van der Waals surface area contributed by atoms with E-state index in [1.54, 1.807) is 12.1 Å². The summed E-state index contributed by atoms with van der Waals surface area (Å²) in [6.45, 7) is 3.24. The van der Waals surface area contributed by atoms with Gasteiger partial charge in [0.1, 0.15) is 18.6 Å². The normalized spacial score (nSPS) is 21.1. The third kappa shape index (κ3) is 5.46. The van der Waals surface area contributed by atoms with Crippen molar-refractivity contribution in [3.8, 4) is 5.75 Å². The first-order valence-corrected chi connectivity index (χ1v) is 9.63. The molecule has 3 N–H and O–H groups in total. The lowest BCUT2D eigenvalue weighted by Gasteiger charge is -2.25. The Labute approximate surface area is 181 Å². The first-order chi connectivity index (χ1) is 14.0. The van der Waals surface area contributed by atoms with E-state index in [2.05, 4.69) is 5.32 Å². The lowest BCUT2D eigenvalue weighted by molar-refractivity contribution is -0.179. The largest absolute Gasteiger partial charge is 0.491 e. The van der Waals surface area contributed by atoms with E-state index in [0.29, 0.717) is 45.2 Å². The number of aliphatic hydroxyl groups excluding tert-OH is 1. The molecule has 0 saturated carbocycles. The van der Waals surface area contributed by atoms with E-state index in [4.69, 9.17) is 14.2 Å². The summed E-state index contributed by atoms with van der Waals surface area (Å²) in [6.07, 6.45) is -0.977. The Morgan fingerprint density at radius 3 is 2.40 bits per heavy atom.